The number of nitro benzene ring substituents is 1. The van der Waals surface area contributed by atoms with Gasteiger partial charge in [0.2, 0.25) is 11.5 Å². The predicted octanol–water partition coefficient (Wildman–Crippen LogP) is 2.69. The lowest BCUT2D eigenvalue weighted by Gasteiger charge is -2.05. The molecule has 0 atom stereocenters. The summed E-state index contributed by atoms with van der Waals surface area (Å²) in [6, 6.07) is 6.45. The van der Waals surface area contributed by atoms with Crippen LogP contribution in [0.2, 0.25) is 0 Å². The first-order valence-electron chi connectivity index (χ1n) is 5.34. The number of nitrogens with zero attached hydrogens (tertiary/aromatic N) is 1. The van der Waals surface area contributed by atoms with Crippen molar-refractivity contribution in [3.05, 3.63) is 46.2 Å². The van der Waals surface area contributed by atoms with Crippen LogP contribution in [0.1, 0.15) is 10.6 Å². The van der Waals surface area contributed by atoms with Crippen LogP contribution in [0.5, 0.6) is 17.4 Å². The largest absolute Gasteiger partial charge is 0.496 e. The van der Waals surface area contributed by atoms with E-state index in [9.17, 15) is 14.9 Å². The molecular weight excluding hydrogens is 270 g/mol. The van der Waals surface area contributed by atoms with Crippen molar-refractivity contribution in [2.45, 2.75) is 0 Å². The molecule has 8 nitrogen and oxygen atoms in total. The lowest BCUT2D eigenvalue weighted by Crippen LogP contribution is -1.94. The molecule has 20 heavy (non-hydrogen) atoms. The zero-order valence-electron chi connectivity index (χ0n) is 10.2. The summed E-state index contributed by atoms with van der Waals surface area (Å²) in [7, 11) is 1.38. The third-order valence-electron chi connectivity index (χ3n) is 2.37. The molecule has 0 radical (unpaired) electrons. The third kappa shape index (κ3) is 2.69. The van der Waals surface area contributed by atoms with Gasteiger partial charge in [-0.1, -0.05) is 0 Å². The van der Waals surface area contributed by atoms with Crippen LogP contribution in [0.15, 0.2) is 34.7 Å². The maximum atomic E-state index is 10.9. The van der Waals surface area contributed by atoms with E-state index in [1.165, 1.54) is 37.4 Å². The fourth-order valence-corrected chi connectivity index (χ4v) is 1.45. The number of nitro groups is 1. The van der Waals surface area contributed by atoms with Gasteiger partial charge in [-0.3, -0.25) is 10.1 Å². The van der Waals surface area contributed by atoms with Crippen LogP contribution in [0.25, 0.3) is 0 Å². The van der Waals surface area contributed by atoms with Crippen LogP contribution >= 0.6 is 0 Å². The smallest absolute Gasteiger partial charge is 0.371 e. The minimum atomic E-state index is -1.26. The lowest BCUT2D eigenvalue weighted by molar-refractivity contribution is -0.385. The van der Waals surface area contributed by atoms with Crippen LogP contribution in [0.3, 0.4) is 0 Å². The molecule has 0 aliphatic carbocycles. The highest BCUT2D eigenvalue weighted by atomic mass is 16.6. The van der Waals surface area contributed by atoms with E-state index in [0.717, 1.165) is 0 Å². The molecule has 0 unspecified atom stereocenters. The number of hydrogen-bond acceptors (Lipinski definition) is 6. The van der Waals surface area contributed by atoms with Crippen molar-refractivity contribution in [2.24, 2.45) is 0 Å². The molecule has 1 aromatic carbocycles. The van der Waals surface area contributed by atoms with Crippen molar-refractivity contribution < 1.29 is 28.7 Å². The summed E-state index contributed by atoms with van der Waals surface area (Å²) < 4.78 is 14.9. The van der Waals surface area contributed by atoms with Gasteiger partial charge in [0, 0.05) is 6.07 Å². The third-order valence-corrected chi connectivity index (χ3v) is 2.37. The molecule has 0 saturated carbocycles. The highest BCUT2D eigenvalue weighted by Gasteiger charge is 2.19. The van der Waals surface area contributed by atoms with Gasteiger partial charge in [0.05, 0.1) is 18.1 Å². The van der Waals surface area contributed by atoms with Gasteiger partial charge in [0.1, 0.15) is 5.75 Å². The van der Waals surface area contributed by atoms with E-state index >= 15 is 0 Å². The lowest BCUT2D eigenvalue weighted by atomic mass is 10.3. The number of rotatable bonds is 5. The zero-order valence-corrected chi connectivity index (χ0v) is 10.2. The number of carboxylic acid groups (broad SMARTS) is 1. The molecule has 0 aliphatic rings. The number of furan rings is 1. The van der Waals surface area contributed by atoms with Crippen LogP contribution in [-0.4, -0.2) is 23.1 Å². The summed E-state index contributed by atoms with van der Waals surface area (Å²) in [5.74, 6) is -1.52. The SMILES string of the molecule is COc1ccc(Oc2ccc(C(=O)O)o2)c([N+](=O)[O-])c1. The Kier molecular flexibility index (Phi) is 3.56. The zero-order chi connectivity index (χ0) is 14.7. The number of carboxylic acids is 1. The second kappa shape index (κ2) is 5.31. The molecule has 0 spiro atoms. The average Bonchev–Trinajstić information content (AvgIpc) is 2.87. The molecule has 104 valence electrons. The molecule has 2 aromatic rings. The van der Waals surface area contributed by atoms with Gasteiger partial charge < -0.3 is 19.0 Å². The van der Waals surface area contributed by atoms with E-state index in [2.05, 4.69) is 0 Å². The first-order chi connectivity index (χ1) is 9.51. The standard InChI is InChI=1S/C12H9NO7/c1-18-7-2-3-9(8(6-7)13(16)17)19-11-5-4-10(20-11)12(14)15/h2-6H,1H3,(H,14,15). The summed E-state index contributed by atoms with van der Waals surface area (Å²) in [5, 5.41) is 19.6. The van der Waals surface area contributed by atoms with Crippen molar-refractivity contribution in [3.8, 4) is 17.4 Å². The summed E-state index contributed by atoms with van der Waals surface area (Å²) in [6.07, 6.45) is 0. The molecular formula is C12H9NO7. The number of hydrogen-bond donors (Lipinski definition) is 1. The Morgan fingerprint density at radius 3 is 2.65 bits per heavy atom. The Labute approximate surface area is 112 Å². The van der Waals surface area contributed by atoms with Gasteiger partial charge in [0.15, 0.2) is 0 Å². The monoisotopic (exact) mass is 279 g/mol. The molecule has 1 heterocycles. The fourth-order valence-electron chi connectivity index (χ4n) is 1.45. The van der Waals surface area contributed by atoms with Gasteiger partial charge in [-0.05, 0) is 18.2 Å². The molecule has 0 amide bonds. The number of ether oxygens (including phenoxy) is 2. The molecule has 0 aliphatic heterocycles. The van der Waals surface area contributed by atoms with Crippen LogP contribution < -0.4 is 9.47 Å². The van der Waals surface area contributed by atoms with Crippen molar-refractivity contribution in [1.82, 2.24) is 0 Å². The quantitative estimate of drug-likeness (QED) is 0.661. The number of methoxy groups -OCH3 is 1. The van der Waals surface area contributed by atoms with Crippen LogP contribution in [0.4, 0.5) is 5.69 Å². The van der Waals surface area contributed by atoms with Gasteiger partial charge >= 0.3 is 11.7 Å². The Hall–Kier alpha value is -3.03. The maximum Gasteiger partial charge on any atom is 0.371 e. The number of aromatic carboxylic acids is 1. The molecule has 0 saturated heterocycles. The fraction of sp³-hybridized carbons (Fsp3) is 0.0833. The van der Waals surface area contributed by atoms with Crippen molar-refractivity contribution in [1.29, 1.82) is 0 Å². The van der Waals surface area contributed by atoms with Crippen molar-refractivity contribution in [3.63, 3.8) is 0 Å². The Morgan fingerprint density at radius 1 is 1.35 bits per heavy atom. The number of carbonyl (C=O) groups is 1. The molecule has 1 N–H and O–H groups in total. The average molecular weight is 279 g/mol. The van der Waals surface area contributed by atoms with Crippen molar-refractivity contribution >= 4 is 11.7 Å². The van der Waals surface area contributed by atoms with E-state index in [0.29, 0.717) is 5.75 Å². The van der Waals surface area contributed by atoms with Gasteiger partial charge in [-0.2, -0.15) is 0 Å². The van der Waals surface area contributed by atoms with Gasteiger partial charge in [-0.25, -0.2) is 4.79 Å². The molecule has 0 fully saturated rings. The highest BCUT2D eigenvalue weighted by molar-refractivity contribution is 5.84. The molecule has 8 heteroatoms. The van der Waals surface area contributed by atoms with E-state index in [1.807, 2.05) is 0 Å². The summed E-state index contributed by atoms with van der Waals surface area (Å²) in [4.78, 5) is 21.0. The molecule has 1 aromatic heterocycles. The normalized spacial score (nSPS) is 10.1. The highest BCUT2D eigenvalue weighted by Crippen LogP contribution is 2.34. The molecule has 0 bridgehead atoms. The van der Waals surface area contributed by atoms with Crippen LogP contribution in [-0.2, 0) is 0 Å². The first kappa shape index (κ1) is 13.4. The minimum Gasteiger partial charge on any atom is -0.496 e. The van der Waals surface area contributed by atoms with Crippen molar-refractivity contribution in [2.75, 3.05) is 7.11 Å². The van der Waals surface area contributed by atoms with E-state index in [4.69, 9.17) is 19.0 Å². The Balaban J connectivity index is 2.32. The Morgan fingerprint density at radius 2 is 2.10 bits per heavy atom. The van der Waals surface area contributed by atoms with Gasteiger partial charge in [0.25, 0.3) is 5.95 Å². The maximum absolute atomic E-state index is 10.9. The van der Waals surface area contributed by atoms with Crippen LogP contribution in [0, 0.1) is 10.1 Å². The second-order valence-corrected chi connectivity index (χ2v) is 3.62. The second-order valence-electron chi connectivity index (χ2n) is 3.62. The van der Waals surface area contributed by atoms with E-state index in [-0.39, 0.29) is 23.1 Å². The molecule has 2 rings (SSSR count). The minimum absolute atomic E-state index is 0.0814. The van der Waals surface area contributed by atoms with E-state index < -0.39 is 10.9 Å². The first-order valence-corrected chi connectivity index (χ1v) is 5.34. The van der Waals surface area contributed by atoms with E-state index in [1.54, 1.807) is 0 Å². The topological polar surface area (TPSA) is 112 Å². The van der Waals surface area contributed by atoms with Gasteiger partial charge in [-0.15, -0.1) is 0 Å². The Bertz CT molecular complexity index is 662. The predicted molar refractivity (Wildman–Crippen MR) is 65.4 cm³/mol. The summed E-state index contributed by atoms with van der Waals surface area (Å²) in [6.45, 7) is 0. The summed E-state index contributed by atoms with van der Waals surface area (Å²) in [5.41, 5.74) is -0.322. The summed E-state index contributed by atoms with van der Waals surface area (Å²) >= 11 is 0. The number of benzene rings is 1.